The Morgan fingerprint density at radius 3 is 2.00 bits per heavy atom. The first kappa shape index (κ1) is 17.1. The third-order valence-corrected chi connectivity index (χ3v) is 7.28. The van der Waals surface area contributed by atoms with E-state index in [1.54, 1.807) is 9.80 Å². The van der Waals surface area contributed by atoms with Crippen molar-refractivity contribution in [1.82, 2.24) is 0 Å². The standard InChI is InChI=1S/C20H22N2O3S/c1-13-8-6-10-17(15(13)3)22-19-12-26(24,25)11-18(19)21(20(22)23)16-9-5-4-7-14(16)2/h4-10,18-19H,11-12H2,1-3H3/t18-,19-/m1/s1. The number of hydrogen-bond acceptors (Lipinski definition) is 3. The average Bonchev–Trinajstić information content (AvgIpc) is 3.00. The van der Waals surface area contributed by atoms with E-state index in [4.69, 9.17) is 0 Å². The molecule has 0 radical (unpaired) electrons. The lowest BCUT2D eigenvalue weighted by molar-refractivity contribution is 0.255. The fourth-order valence-corrected chi connectivity index (χ4v) is 6.02. The predicted octanol–water partition coefficient (Wildman–Crippen LogP) is 3.22. The van der Waals surface area contributed by atoms with Crippen molar-refractivity contribution >= 4 is 27.2 Å². The number of anilines is 2. The van der Waals surface area contributed by atoms with Crippen molar-refractivity contribution < 1.29 is 13.2 Å². The molecule has 2 atom stereocenters. The number of rotatable bonds is 2. The Kier molecular flexibility index (Phi) is 3.84. The number of amides is 2. The fourth-order valence-electron chi connectivity index (χ4n) is 4.10. The third-order valence-electron chi connectivity index (χ3n) is 5.58. The van der Waals surface area contributed by atoms with Crippen LogP contribution in [0.3, 0.4) is 0 Å². The highest BCUT2D eigenvalue weighted by Crippen LogP contribution is 2.40. The molecule has 0 aliphatic carbocycles. The van der Waals surface area contributed by atoms with E-state index in [9.17, 15) is 13.2 Å². The topological polar surface area (TPSA) is 57.7 Å². The molecule has 0 unspecified atom stereocenters. The lowest BCUT2D eigenvalue weighted by Crippen LogP contribution is -2.38. The van der Waals surface area contributed by atoms with Crippen LogP contribution >= 0.6 is 0 Å². The Morgan fingerprint density at radius 1 is 0.808 bits per heavy atom. The van der Waals surface area contributed by atoms with Gasteiger partial charge >= 0.3 is 6.03 Å². The van der Waals surface area contributed by atoms with Crippen molar-refractivity contribution in [3.8, 4) is 0 Å². The first-order chi connectivity index (χ1) is 12.3. The molecule has 26 heavy (non-hydrogen) atoms. The molecule has 2 aromatic carbocycles. The van der Waals surface area contributed by atoms with E-state index in [-0.39, 0.29) is 29.6 Å². The number of para-hydroxylation sites is 1. The molecule has 136 valence electrons. The molecule has 2 aromatic rings. The highest BCUT2D eigenvalue weighted by atomic mass is 32.2. The van der Waals surface area contributed by atoms with Gasteiger partial charge in [-0.15, -0.1) is 0 Å². The number of carbonyl (C=O) groups excluding carboxylic acids is 1. The second-order valence-corrected chi connectivity index (χ2v) is 9.39. The van der Waals surface area contributed by atoms with Gasteiger partial charge in [0.2, 0.25) is 0 Å². The molecule has 6 heteroatoms. The van der Waals surface area contributed by atoms with Crippen LogP contribution in [0.4, 0.5) is 16.2 Å². The minimum Gasteiger partial charge on any atom is -0.288 e. The van der Waals surface area contributed by atoms with E-state index in [1.807, 2.05) is 63.2 Å². The first-order valence-corrected chi connectivity index (χ1v) is 10.6. The van der Waals surface area contributed by atoms with Crippen LogP contribution in [0.2, 0.25) is 0 Å². The molecular weight excluding hydrogens is 348 g/mol. The van der Waals surface area contributed by atoms with Gasteiger partial charge in [-0.05, 0) is 49.6 Å². The lowest BCUT2D eigenvalue weighted by Gasteiger charge is -2.25. The van der Waals surface area contributed by atoms with Crippen molar-refractivity contribution in [2.45, 2.75) is 32.9 Å². The highest BCUT2D eigenvalue weighted by molar-refractivity contribution is 7.91. The third kappa shape index (κ3) is 2.51. The van der Waals surface area contributed by atoms with Gasteiger partial charge in [0.1, 0.15) is 0 Å². The van der Waals surface area contributed by atoms with E-state index in [2.05, 4.69) is 0 Å². The molecule has 0 spiro atoms. The summed E-state index contributed by atoms with van der Waals surface area (Å²) in [5.41, 5.74) is 4.65. The summed E-state index contributed by atoms with van der Waals surface area (Å²) in [5.74, 6) is 0.0261. The summed E-state index contributed by atoms with van der Waals surface area (Å²) >= 11 is 0. The van der Waals surface area contributed by atoms with Crippen LogP contribution in [0.15, 0.2) is 42.5 Å². The van der Waals surface area contributed by atoms with E-state index in [1.165, 1.54) is 0 Å². The zero-order valence-corrected chi connectivity index (χ0v) is 16.0. The Hall–Kier alpha value is -2.34. The van der Waals surface area contributed by atoms with Gasteiger partial charge in [0, 0.05) is 11.4 Å². The average molecular weight is 370 g/mol. The minimum atomic E-state index is -3.18. The second-order valence-electron chi connectivity index (χ2n) is 7.24. The van der Waals surface area contributed by atoms with Crippen molar-refractivity contribution in [2.75, 3.05) is 21.3 Å². The highest BCUT2D eigenvalue weighted by Gasteiger charge is 2.54. The fraction of sp³-hybridized carbons (Fsp3) is 0.350. The number of aryl methyl sites for hydroxylation is 2. The second kappa shape index (κ2) is 5.84. The van der Waals surface area contributed by atoms with Gasteiger partial charge < -0.3 is 0 Å². The van der Waals surface area contributed by atoms with E-state index in [0.29, 0.717) is 0 Å². The van der Waals surface area contributed by atoms with Gasteiger partial charge in [-0.25, -0.2) is 13.2 Å². The minimum absolute atomic E-state index is 0.0130. The van der Waals surface area contributed by atoms with E-state index in [0.717, 1.165) is 28.1 Å². The normalized spacial score (nSPS) is 24.2. The smallest absolute Gasteiger partial charge is 0.288 e. The molecule has 0 aromatic heterocycles. The summed E-state index contributed by atoms with van der Waals surface area (Å²) in [5, 5.41) is 0. The maximum absolute atomic E-state index is 13.4. The Balaban J connectivity index is 1.87. The lowest BCUT2D eigenvalue weighted by atomic mass is 10.1. The van der Waals surface area contributed by atoms with E-state index >= 15 is 0 Å². The van der Waals surface area contributed by atoms with Crippen molar-refractivity contribution in [2.24, 2.45) is 0 Å². The van der Waals surface area contributed by atoms with Crippen LogP contribution in [0, 0.1) is 20.8 Å². The number of fused-ring (bicyclic) bond motifs is 1. The van der Waals surface area contributed by atoms with Gasteiger partial charge in [-0.1, -0.05) is 30.3 Å². The molecule has 2 aliphatic heterocycles. The summed E-state index contributed by atoms with van der Waals surface area (Å²) in [4.78, 5) is 16.8. The van der Waals surface area contributed by atoms with Crippen LogP contribution in [0.5, 0.6) is 0 Å². The molecule has 2 heterocycles. The first-order valence-electron chi connectivity index (χ1n) is 8.75. The van der Waals surface area contributed by atoms with Crippen molar-refractivity contribution in [1.29, 1.82) is 0 Å². The Labute approximate surface area is 154 Å². The van der Waals surface area contributed by atoms with Crippen LogP contribution < -0.4 is 9.80 Å². The van der Waals surface area contributed by atoms with Crippen LogP contribution in [0.25, 0.3) is 0 Å². The number of hydrogen-bond donors (Lipinski definition) is 0. The molecule has 0 bridgehead atoms. The molecule has 2 aliphatic rings. The zero-order chi connectivity index (χ0) is 18.6. The van der Waals surface area contributed by atoms with Crippen molar-refractivity contribution in [3.63, 3.8) is 0 Å². The summed E-state index contributed by atoms with van der Waals surface area (Å²) in [6.07, 6.45) is 0. The molecule has 5 nitrogen and oxygen atoms in total. The largest absolute Gasteiger partial charge is 0.329 e. The van der Waals surface area contributed by atoms with Gasteiger partial charge in [0.25, 0.3) is 0 Å². The number of carbonyl (C=O) groups is 1. The maximum Gasteiger partial charge on any atom is 0.329 e. The summed E-state index contributed by atoms with van der Waals surface area (Å²) in [6, 6.07) is 12.6. The van der Waals surface area contributed by atoms with Crippen LogP contribution in [-0.2, 0) is 9.84 Å². The number of urea groups is 1. The predicted molar refractivity (Wildman–Crippen MR) is 104 cm³/mol. The number of sulfone groups is 1. The van der Waals surface area contributed by atoms with Gasteiger partial charge in [-0.2, -0.15) is 0 Å². The van der Waals surface area contributed by atoms with Crippen LogP contribution in [-0.4, -0.2) is 38.0 Å². The van der Waals surface area contributed by atoms with E-state index < -0.39 is 9.84 Å². The van der Waals surface area contributed by atoms with Gasteiger partial charge in [0.05, 0.1) is 23.6 Å². The van der Waals surface area contributed by atoms with Crippen LogP contribution in [0.1, 0.15) is 16.7 Å². The van der Waals surface area contributed by atoms with Gasteiger partial charge in [0.15, 0.2) is 9.84 Å². The number of nitrogens with zero attached hydrogens (tertiary/aromatic N) is 2. The monoisotopic (exact) mass is 370 g/mol. The SMILES string of the molecule is Cc1ccccc1N1C(=O)N(c2cccc(C)c2C)[C@@H]2CS(=O)(=O)C[C@H]21. The molecule has 0 saturated carbocycles. The maximum atomic E-state index is 13.4. The Morgan fingerprint density at radius 2 is 1.35 bits per heavy atom. The number of benzene rings is 2. The quantitative estimate of drug-likeness (QED) is 0.763. The zero-order valence-electron chi connectivity index (χ0n) is 15.1. The summed E-state index contributed by atoms with van der Waals surface area (Å²) in [6.45, 7) is 5.93. The summed E-state index contributed by atoms with van der Waals surface area (Å²) in [7, 11) is -3.18. The summed E-state index contributed by atoms with van der Waals surface area (Å²) < 4.78 is 24.8. The van der Waals surface area contributed by atoms with Crippen molar-refractivity contribution in [3.05, 3.63) is 59.2 Å². The Bertz CT molecular complexity index is 1000. The van der Waals surface area contributed by atoms with Gasteiger partial charge in [-0.3, -0.25) is 9.80 Å². The molecule has 0 N–H and O–H groups in total. The molecule has 2 amide bonds. The molecule has 4 rings (SSSR count). The molecule has 2 fully saturated rings. The molecule has 2 saturated heterocycles. The molecular formula is C20H22N2O3S.